The lowest BCUT2D eigenvalue weighted by molar-refractivity contribution is 0.312. The van der Waals surface area contributed by atoms with Crippen LogP contribution in [-0.2, 0) is 0 Å². The highest BCUT2D eigenvalue weighted by molar-refractivity contribution is 5.59. The largest absolute Gasteiger partial charge is 0.337 e. The van der Waals surface area contributed by atoms with Crippen LogP contribution in [0.4, 0.5) is 4.39 Å². The van der Waals surface area contributed by atoms with Crippen LogP contribution in [0.2, 0.25) is 0 Å². The lowest BCUT2D eigenvalue weighted by atomic mass is 10.0. The van der Waals surface area contributed by atoms with Gasteiger partial charge in [-0.1, -0.05) is 31.5 Å². The molecule has 1 aromatic carbocycles. The molecule has 2 aromatic rings. The van der Waals surface area contributed by atoms with Gasteiger partial charge in [0.15, 0.2) is 0 Å². The van der Waals surface area contributed by atoms with Crippen molar-refractivity contribution in [3.8, 4) is 11.4 Å². The molecule has 5 heteroatoms. The van der Waals surface area contributed by atoms with Crippen molar-refractivity contribution in [2.75, 3.05) is 0 Å². The summed E-state index contributed by atoms with van der Waals surface area (Å²) in [6, 6.07) is 4.21. The summed E-state index contributed by atoms with van der Waals surface area (Å²) in [4.78, 5) is 4.28. The third-order valence-corrected chi connectivity index (χ3v) is 3.42. The van der Waals surface area contributed by atoms with Crippen molar-refractivity contribution < 1.29 is 8.91 Å². The standard InChI is InChI=1S/C14H18FN3O/c1-4-8(2)12(16)14-17-13(18-19-14)11-7-10(15)6-5-9(11)3/h5-8,12H,4,16H2,1-3H3. The maximum atomic E-state index is 13.3. The van der Waals surface area contributed by atoms with E-state index in [4.69, 9.17) is 10.3 Å². The quantitative estimate of drug-likeness (QED) is 0.919. The van der Waals surface area contributed by atoms with Crippen LogP contribution in [0, 0.1) is 18.7 Å². The van der Waals surface area contributed by atoms with Crippen molar-refractivity contribution in [2.24, 2.45) is 11.7 Å². The number of benzene rings is 1. The van der Waals surface area contributed by atoms with E-state index < -0.39 is 0 Å². The van der Waals surface area contributed by atoms with Crippen molar-refractivity contribution in [1.82, 2.24) is 10.1 Å². The van der Waals surface area contributed by atoms with Crippen molar-refractivity contribution in [2.45, 2.75) is 33.2 Å². The Bertz CT molecular complexity index is 568. The fourth-order valence-corrected chi connectivity index (χ4v) is 1.81. The minimum atomic E-state index is -0.321. The van der Waals surface area contributed by atoms with Crippen LogP contribution in [0.25, 0.3) is 11.4 Å². The third-order valence-electron chi connectivity index (χ3n) is 3.42. The molecule has 0 saturated carbocycles. The van der Waals surface area contributed by atoms with Crippen LogP contribution < -0.4 is 5.73 Å². The Labute approximate surface area is 111 Å². The highest BCUT2D eigenvalue weighted by Crippen LogP contribution is 2.25. The highest BCUT2D eigenvalue weighted by atomic mass is 19.1. The molecule has 0 aliphatic rings. The van der Waals surface area contributed by atoms with Crippen molar-refractivity contribution in [1.29, 1.82) is 0 Å². The minimum Gasteiger partial charge on any atom is -0.337 e. The Kier molecular flexibility index (Phi) is 3.95. The van der Waals surface area contributed by atoms with Crippen molar-refractivity contribution in [3.63, 3.8) is 0 Å². The summed E-state index contributed by atoms with van der Waals surface area (Å²) in [5.74, 6) is 0.707. The van der Waals surface area contributed by atoms with Gasteiger partial charge in [-0.3, -0.25) is 0 Å². The van der Waals surface area contributed by atoms with Gasteiger partial charge >= 0.3 is 0 Å². The van der Waals surface area contributed by atoms with E-state index in [0.717, 1.165) is 12.0 Å². The smallest absolute Gasteiger partial charge is 0.244 e. The Hall–Kier alpha value is -1.75. The maximum absolute atomic E-state index is 13.3. The Morgan fingerprint density at radius 1 is 1.42 bits per heavy atom. The second-order valence-electron chi connectivity index (χ2n) is 4.83. The number of hydrogen-bond acceptors (Lipinski definition) is 4. The van der Waals surface area contributed by atoms with Gasteiger partial charge in [0.2, 0.25) is 11.7 Å². The van der Waals surface area contributed by atoms with Gasteiger partial charge in [-0.15, -0.1) is 0 Å². The molecule has 4 nitrogen and oxygen atoms in total. The molecule has 0 spiro atoms. The molecular formula is C14H18FN3O. The average molecular weight is 263 g/mol. The zero-order chi connectivity index (χ0) is 14.0. The normalized spacial score (nSPS) is 14.4. The van der Waals surface area contributed by atoms with Crippen LogP contribution in [0.5, 0.6) is 0 Å². The number of aromatic nitrogens is 2. The van der Waals surface area contributed by atoms with Crippen LogP contribution in [-0.4, -0.2) is 10.1 Å². The van der Waals surface area contributed by atoms with Gasteiger partial charge in [-0.2, -0.15) is 4.98 Å². The summed E-state index contributed by atoms with van der Waals surface area (Å²) in [6.45, 7) is 5.96. The molecule has 1 heterocycles. The van der Waals surface area contributed by atoms with Crippen molar-refractivity contribution >= 4 is 0 Å². The molecule has 2 unspecified atom stereocenters. The summed E-state index contributed by atoms with van der Waals surface area (Å²) >= 11 is 0. The van der Waals surface area contributed by atoms with Gasteiger partial charge in [0, 0.05) is 5.56 Å². The number of rotatable bonds is 4. The first-order valence-electron chi connectivity index (χ1n) is 6.38. The zero-order valence-corrected chi connectivity index (χ0v) is 11.4. The van der Waals surface area contributed by atoms with Crippen LogP contribution in [0.15, 0.2) is 22.7 Å². The lowest BCUT2D eigenvalue weighted by Gasteiger charge is -2.13. The predicted molar refractivity (Wildman–Crippen MR) is 70.8 cm³/mol. The fraction of sp³-hybridized carbons (Fsp3) is 0.429. The minimum absolute atomic E-state index is 0.252. The number of aryl methyl sites for hydroxylation is 1. The lowest BCUT2D eigenvalue weighted by Crippen LogP contribution is -2.18. The molecule has 1 aromatic heterocycles. The number of nitrogens with two attached hydrogens (primary N) is 1. The van der Waals surface area contributed by atoms with E-state index in [1.807, 2.05) is 13.8 Å². The molecule has 2 atom stereocenters. The predicted octanol–water partition coefficient (Wildman–Crippen LogP) is 3.23. The molecule has 2 N–H and O–H groups in total. The second-order valence-corrected chi connectivity index (χ2v) is 4.83. The van der Waals surface area contributed by atoms with E-state index in [1.54, 1.807) is 6.07 Å². The summed E-state index contributed by atoms with van der Waals surface area (Å²) in [7, 11) is 0. The van der Waals surface area contributed by atoms with Crippen LogP contribution in [0.3, 0.4) is 0 Å². The Morgan fingerprint density at radius 3 is 2.84 bits per heavy atom. The first kappa shape index (κ1) is 13.7. The van der Waals surface area contributed by atoms with Gasteiger partial charge in [0.05, 0.1) is 6.04 Å². The molecule has 0 amide bonds. The molecule has 0 saturated heterocycles. The molecule has 0 fully saturated rings. The third kappa shape index (κ3) is 2.81. The van der Waals surface area contributed by atoms with Gasteiger partial charge < -0.3 is 10.3 Å². The number of hydrogen-bond donors (Lipinski definition) is 1. The highest BCUT2D eigenvalue weighted by Gasteiger charge is 2.21. The Balaban J connectivity index is 2.33. The van der Waals surface area contributed by atoms with Crippen LogP contribution in [0.1, 0.15) is 37.8 Å². The summed E-state index contributed by atoms with van der Waals surface area (Å²) in [5.41, 5.74) is 7.56. The fourth-order valence-electron chi connectivity index (χ4n) is 1.81. The monoisotopic (exact) mass is 263 g/mol. The summed E-state index contributed by atoms with van der Waals surface area (Å²) in [5, 5.41) is 3.89. The van der Waals surface area contributed by atoms with E-state index in [2.05, 4.69) is 17.1 Å². The van der Waals surface area contributed by atoms with Crippen LogP contribution >= 0.6 is 0 Å². The van der Waals surface area contributed by atoms with E-state index in [-0.39, 0.29) is 17.8 Å². The van der Waals surface area contributed by atoms with Gasteiger partial charge in [0.25, 0.3) is 0 Å². The molecule has 19 heavy (non-hydrogen) atoms. The molecule has 0 aliphatic heterocycles. The molecule has 102 valence electrons. The van der Waals surface area contributed by atoms with Gasteiger partial charge in [0.1, 0.15) is 5.82 Å². The number of halogens is 1. The first-order valence-corrected chi connectivity index (χ1v) is 6.38. The van der Waals surface area contributed by atoms with E-state index in [1.165, 1.54) is 12.1 Å². The topological polar surface area (TPSA) is 64.9 Å². The second kappa shape index (κ2) is 5.48. The molecule has 0 radical (unpaired) electrons. The summed E-state index contributed by atoms with van der Waals surface area (Å²) < 4.78 is 18.5. The van der Waals surface area contributed by atoms with E-state index in [9.17, 15) is 4.39 Å². The van der Waals surface area contributed by atoms with E-state index >= 15 is 0 Å². The average Bonchev–Trinajstić information content (AvgIpc) is 2.89. The van der Waals surface area contributed by atoms with Crippen molar-refractivity contribution in [3.05, 3.63) is 35.5 Å². The maximum Gasteiger partial charge on any atom is 0.244 e. The molecule has 0 bridgehead atoms. The number of nitrogens with zero attached hydrogens (tertiary/aromatic N) is 2. The summed E-state index contributed by atoms with van der Waals surface area (Å²) in [6.07, 6.45) is 0.928. The first-order chi connectivity index (χ1) is 9.02. The molecule has 2 rings (SSSR count). The zero-order valence-electron chi connectivity index (χ0n) is 11.4. The SMILES string of the molecule is CCC(C)C(N)c1nc(-c2cc(F)ccc2C)no1. The van der Waals surface area contributed by atoms with Gasteiger partial charge in [-0.25, -0.2) is 4.39 Å². The molecule has 0 aliphatic carbocycles. The van der Waals surface area contributed by atoms with Gasteiger partial charge in [-0.05, 0) is 30.5 Å². The molecular weight excluding hydrogens is 245 g/mol. The Morgan fingerprint density at radius 2 is 2.16 bits per heavy atom. The van der Waals surface area contributed by atoms with E-state index in [0.29, 0.717) is 17.3 Å².